The van der Waals surface area contributed by atoms with Crippen molar-refractivity contribution in [2.75, 3.05) is 0 Å². The van der Waals surface area contributed by atoms with Crippen molar-refractivity contribution in [2.24, 2.45) is 17.8 Å². The van der Waals surface area contributed by atoms with E-state index < -0.39 is 0 Å². The Labute approximate surface area is 161 Å². The number of hydrogen-bond acceptors (Lipinski definition) is 0. The first kappa shape index (κ1) is 19.9. The Kier molecular flexibility index (Phi) is 8.02. The summed E-state index contributed by atoms with van der Waals surface area (Å²) in [6.07, 6.45) is 20.1. The van der Waals surface area contributed by atoms with Crippen LogP contribution < -0.4 is 0 Å². The Morgan fingerprint density at radius 1 is 0.692 bits per heavy atom. The van der Waals surface area contributed by atoms with Crippen LogP contribution in [0.25, 0.3) is 0 Å². The number of halogens is 1. The van der Waals surface area contributed by atoms with Crippen LogP contribution in [0.2, 0.25) is 0 Å². The van der Waals surface area contributed by atoms with E-state index in [9.17, 15) is 4.39 Å². The number of rotatable bonds is 8. The Morgan fingerprint density at radius 2 is 1.15 bits per heavy atom. The Hall–Kier alpha value is -0.850. The molecule has 0 aromatic heterocycles. The summed E-state index contributed by atoms with van der Waals surface area (Å²) in [6.45, 7) is 2.32. The monoisotopic (exact) mass is 358 g/mol. The molecular weight excluding hydrogens is 319 g/mol. The van der Waals surface area contributed by atoms with Crippen LogP contribution in [0.15, 0.2) is 24.3 Å². The summed E-state index contributed by atoms with van der Waals surface area (Å²) < 4.78 is 13.1. The van der Waals surface area contributed by atoms with E-state index in [1.807, 2.05) is 12.1 Å². The van der Waals surface area contributed by atoms with Crippen LogP contribution >= 0.6 is 0 Å². The molecular formula is C25H39F. The molecule has 0 aliphatic heterocycles. The second-order valence-corrected chi connectivity index (χ2v) is 9.23. The first-order valence-corrected chi connectivity index (χ1v) is 11.5. The molecule has 2 aliphatic carbocycles. The summed E-state index contributed by atoms with van der Waals surface area (Å²) in [6, 6.07) is 7.24. The van der Waals surface area contributed by atoms with Gasteiger partial charge in [-0.1, -0.05) is 83.3 Å². The van der Waals surface area contributed by atoms with Crippen molar-refractivity contribution in [1.29, 1.82) is 0 Å². The molecule has 0 unspecified atom stereocenters. The van der Waals surface area contributed by atoms with E-state index >= 15 is 0 Å². The number of unbranched alkanes of at least 4 members (excludes halogenated alkanes) is 1. The topological polar surface area (TPSA) is 0 Å². The minimum atomic E-state index is -0.109. The van der Waals surface area contributed by atoms with Crippen molar-refractivity contribution in [3.63, 3.8) is 0 Å². The van der Waals surface area contributed by atoms with Crippen molar-refractivity contribution in [1.82, 2.24) is 0 Å². The van der Waals surface area contributed by atoms with Gasteiger partial charge in [0.15, 0.2) is 0 Å². The van der Waals surface area contributed by atoms with E-state index in [4.69, 9.17) is 0 Å². The molecule has 0 radical (unpaired) electrons. The fourth-order valence-electron chi connectivity index (χ4n) is 5.52. The van der Waals surface area contributed by atoms with Gasteiger partial charge in [-0.25, -0.2) is 4.39 Å². The minimum Gasteiger partial charge on any atom is -0.207 e. The maximum atomic E-state index is 13.1. The molecule has 146 valence electrons. The Bertz CT molecular complexity index is 489. The summed E-state index contributed by atoms with van der Waals surface area (Å²) in [5.74, 6) is 3.59. The predicted octanol–water partition coefficient (Wildman–Crippen LogP) is 8.27. The maximum absolute atomic E-state index is 13.1. The highest BCUT2D eigenvalue weighted by Gasteiger charge is 2.24. The van der Waals surface area contributed by atoms with Gasteiger partial charge >= 0.3 is 0 Å². The molecule has 0 nitrogen and oxygen atoms in total. The average Bonchev–Trinajstić information content (AvgIpc) is 2.69. The highest BCUT2D eigenvalue weighted by atomic mass is 19.1. The van der Waals surface area contributed by atoms with E-state index in [0.29, 0.717) is 5.92 Å². The molecule has 2 fully saturated rings. The van der Waals surface area contributed by atoms with Crippen LogP contribution in [0, 0.1) is 23.6 Å². The smallest absolute Gasteiger partial charge is 0.123 e. The number of benzene rings is 1. The van der Waals surface area contributed by atoms with Gasteiger partial charge in [0, 0.05) is 0 Å². The van der Waals surface area contributed by atoms with Crippen molar-refractivity contribution >= 4 is 0 Å². The highest BCUT2D eigenvalue weighted by Crippen LogP contribution is 2.39. The lowest BCUT2D eigenvalue weighted by atomic mass is 9.75. The average molecular weight is 359 g/mol. The third kappa shape index (κ3) is 6.10. The molecule has 1 heteroatoms. The molecule has 0 heterocycles. The SMILES string of the molecule is CCCCC1CCC(CCCC2CCC(c3ccc(F)cc3)CC2)CC1. The van der Waals surface area contributed by atoms with Gasteiger partial charge in [-0.05, 0) is 67.1 Å². The van der Waals surface area contributed by atoms with Gasteiger partial charge in [0.2, 0.25) is 0 Å². The molecule has 0 atom stereocenters. The standard InChI is InChI=1S/C25H39F/c1-2-3-5-20-8-10-21(11-9-20)6-4-7-22-12-14-23(15-13-22)24-16-18-25(26)19-17-24/h16-23H,2-15H2,1H3. The van der Waals surface area contributed by atoms with Gasteiger partial charge in [-0.3, -0.25) is 0 Å². The second-order valence-electron chi connectivity index (χ2n) is 9.23. The van der Waals surface area contributed by atoms with Crippen molar-refractivity contribution < 1.29 is 4.39 Å². The quantitative estimate of drug-likeness (QED) is 0.438. The van der Waals surface area contributed by atoms with E-state index in [1.54, 1.807) is 12.1 Å². The minimum absolute atomic E-state index is 0.109. The largest absolute Gasteiger partial charge is 0.207 e. The molecule has 2 aliphatic rings. The predicted molar refractivity (Wildman–Crippen MR) is 110 cm³/mol. The van der Waals surface area contributed by atoms with Crippen LogP contribution in [0.5, 0.6) is 0 Å². The second kappa shape index (κ2) is 10.5. The highest BCUT2D eigenvalue weighted by molar-refractivity contribution is 5.20. The zero-order chi connectivity index (χ0) is 18.2. The molecule has 2 saturated carbocycles. The number of hydrogen-bond donors (Lipinski definition) is 0. The zero-order valence-corrected chi connectivity index (χ0v) is 16.9. The fourth-order valence-corrected chi connectivity index (χ4v) is 5.52. The molecule has 26 heavy (non-hydrogen) atoms. The zero-order valence-electron chi connectivity index (χ0n) is 16.9. The Balaban J connectivity index is 1.28. The van der Waals surface area contributed by atoms with Gasteiger partial charge in [0.1, 0.15) is 5.82 Å². The van der Waals surface area contributed by atoms with Crippen LogP contribution in [-0.4, -0.2) is 0 Å². The van der Waals surface area contributed by atoms with E-state index in [1.165, 1.54) is 95.5 Å². The molecule has 0 N–H and O–H groups in total. The van der Waals surface area contributed by atoms with Gasteiger partial charge in [-0.15, -0.1) is 0 Å². The molecule has 0 spiro atoms. The summed E-state index contributed by atoms with van der Waals surface area (Å²) in [4.78, 5) is 0. The summed E-state index contributed by atoms with van der Waals surface area (Å²) >= 11 is 0. The first-order valence-electron chi connectivity index (χ1n) is 11.5. The summed E-state index contributed by atoms with van der Waals surface area (Å²) in [5.41, 5.74) is 1.35. The van der Waals surface area contributed by atoms with Crippen molar-refractivity contribution in [3.8, 4) is 0 Å². The summed E-state index contributed by atoms with van der Waals surface area (Å²) in [7, 11) is 0. The first-order chi connectivity index (χ1) is 12.7. The lowest BCUT2D eigenvalue weighted by molar-refractivity contribution is 0.235. The molecule has 0 saturated heterocycles. The van der Waals surface area contributed by atoms with Crippen LogP contribution in [0.4, 0.5) is 4.39 Å². The normalized spacial score (nSPS) is 29.6. The lowest BCUT2D eigenvalue weighted by Crippen LogP contribution is -2.16. The Morgan fingerprint density at radius 3 is 1.65 bits per heavy atom. The van der Waals surface area contributed by atoms with Crippen LogP contribution in [-0.2, 0) is 0 Å². The maximum Gasteiger partial charge on any atom is 0.123 e. The van der Waals surface area contributed by atoms with E-state index in [-0.39, 0.29) is 5.82 Å². The fraction of sp³-hybridized carbons (Fsp3) is 0.760. The van der Waals surface area contributed by atoms with Gasteiger partial charge in [0.05, 0.1) is 0 Å². The van der Waals surface area contributed by atoms with Crippen molar-refractivity contribution in [3.05, 3.63) is 35.6 Å². The van der Waals surface area contributed by atoms with Crippen molar-refractivity contribution in [2.45, 2.75) is 103 Å². The molecule has 0 amide bonds. The lowest BCUT2D eigenvalue weighted by Gasteiger charge is -2.31. The summed E-state index contributed by atoms with van der Waals surface area (Å²) in [5, 5.41) is 0. The molecule has 1 aromatic carbocycles. The van der Waals surface area contributed by atoms with Gasteiger partial charge in [-0.2, -0.15) is 0 Å². The third-order valence-electron chi connectivity index (χ3n) is 7.35. The van der Waals surface area contributed by atoms with Crippen LogP contribution in [0.1, 0.15) is 108 Å². The van der Waals surface area contributed by atoms with Gasteiger partial charge < -0.3 is 0 Å². The third-order valence-corrected chi connectivity index (χ3v) is 7.35. The van der Waals surface area contributed by atoms with Crippen LogP contribution in [0.3, 0.4) is 0 Å². The van der Waals surface area contributed by atoms with E-state index in [0.717, 1.165) is 17.8 Å². The molecule has 0 bridgehead atoms. The molecule has 1 aromatic rings. The van der Waals surface area contributed by atoms with E-state index in [2.05, 4.69) is 6.92 Å². The molecule has 3 rings (SSSR count). The van der Waals surface area contributed by atoms with Gasteiger partial charge in [0.25, 0.3) is 0 Å².